The van der Waals surface area contributed by atoms with E-state index in [0.29, 0.717) is 17.2 Å². The summed E-state index contributed by atoms with van der Waals surface area (Å²) in [6.45, 7) is 0. The van der Waals surface area contributed by atoms with Gasteiger partial charge in [-0.25, -0.2) is 10.8 Å². The van der Waals surface area contributed by atoms with Gasteiger partial charge in [0.1, 0.15) is 6.07 Å². The Labute approximate surface area is 105 Å². The Hall–Kier alpha value is -2.65. The molecular formula is C12H12N6. The number of nitrogens with two attached hydrogens (primary N) is 1. The second-order valence-electron chi connectivity index (χ2n) is 3.59. The Balaban J connectivity index is 2.41. The number of nitrogens with one attached hydrogen (secondary N) is 1. The Morgan fingerprint density at radius 2 is 2.11 bits per heavy atom. The normalized spacial score (nSPS) is 9.61. The summed E-state index contributed by atoms with van der Waals surface area (Å²) < 4.78 is 0. The number of para-hydroxylation sites is 1. The summed E-state index contributed by atoms with van der Waals surface area (Å²) >= 11 is 0. The number of hydrazine groups is 1. The van der Waals surface area contributed by atoms with Gasteiger partial charge in [0.05, 0.1) is 23.6 Å². The molecule has 1 aromatic heterocycles. The topological polar surface area (TPSA) is 90.9 Å². The zero-order valence-electron chi connectivity index (χ0n) is 9.83. The van der Waals surface area contributed by atoms with Crippen LogP contribution in [0.25, 0.3) is 0 Å². The number of nitriles is 1. The molecule has 0 aliphatic heterocycles. The van der Waals surface area contributed by atoms with E-state index < -0.39 is 0 Å². The fourth-order valence-corrected chi connectivity index (χ4v) is 1.57. The predicted molar refractivity (Wildman–Crippen MR) is 69.1 cm³/mol. The maximum atomic E-state index is 9.07. The van der Waals surface area contributed by atoms with Gasteiger partial charge in [-0.1, -0.05) is 12.1 Å². The number of rotatable bonds is 3. The minimum Gasteiger partial charge on any atom is -0.327 e. The quantitative estimate of drug-likeness (QED) is 0.622. The second kappa shape index (κ2) is 5.12. The maximum absolute atomic E-state index is 9.07. The predicted octanol–water partition coefficient (Wildman–Crippen LogP) is 1.40. The smallest absolute Gasteiger partial charge is 0.160 e. The van der Waals surface area contributed by atoms with Gasteiger partial charge in [0, 0.05) is 7.05 Å². The highest BCUT2D eigenvalue weighted by Gasteiger charge is 2.10. The molecule has 2 aromatic rings. The molecule has 3 N–H and O–H groups in total. The Bertz CT molecular complexity index is 589. The first-order chi connectivity index (χ1) is 8.76. The van der Waals surface area contributed by atoms with Gasteiger partial charge >= 0.3 is 0 Å². The molecule has 18 heavy (non-hydrogen) atoms. The molecule has 2 rings (SSSR count). The molecule has 0 spiro atoms. The molecule has 90 valence electrons. The first kappa shape index (κ1) is 11.8. The standard InChI is InChI=1S/C12H12N6/c1-18(10-5-3-2-4-9(10)6-13)12-8-15-7-11(16-12)17-14/h2-5,7-8H,14H2,1H3,(H,16,17). The number of nitrogen functional groups attached to an aromatic ring is 1. The van der Waals surface area contributed by atoms with E-state index in [2.05, 4.69) is 21.5 Å². The SMILES string of the molecule is CN(c1cncc(NN)n1)c1ccccc1C#N. The lowest BCUT2D eigenvalue weighted by Gasteiger charge is -2.19. The van der Waals surface area contributed by atoms with Crippen molar-refractivity contribution in [2.45, 2.75) is 0 Å². The summed E-state index contributed by atoms with van der Waals surface area (Å²) in [5, 5.41) is 9.07. The van der Waals surface area contributed by atoms with Crippen molar-refractivity contribution in [3.05, 3.63) is 42.2 Å². The Morgan fingerprint density at radius 3 is 2.83 bits per heavy atom. The molecule has 0 saturated heterocycles. The Kier molecular flexibility index (Phi) is 3.36. The first-order valence-electron chi connectivity index (χ1n) is 5.28. The highest BCUT2D eigenvalue weighted by Crippen LogP contribution is 2.24. The van der Waals surface area contributed by atoms with Gasteiger partial charge in [-0.05, 0) is 12.1 Å². The number of benzene rings is 1. The lowest BCUT2D eigenvalue weighted by atomic mass is 10.2. The van der Waals surface area contributed by atoms with Gasteiger partial charge in [-0.2, -0.15) is 5.26 Å². The van der Waals surface area contributed by atoms with Gasteiger partial charge < -0.3 is 10.3 Å². The van der Waals surface area contributed by atoms with Crippen molar-refractivity contribution in [3.8, 4) is 6.07 Å². The molecule has 0 radical (unpaired) electrons. The molecule has 0 fully saturated rings. The fraction of sp³-hybridized carbons (Fsp3) is 0.0833. The van der Waals surface area contributed by atoms with Crippen molar-refractivity contribution in [2.75, 3.05) is 17.4 Å². The van der Waals surface area contributed by atoms with E-state index in [1.54, 1.807) is 17.2 Å². The number of nitrogens with zero attached hydrogens (tertiary/aromatic N) is 4. The van der Waals surface area contributed by atoms with Gasteiger partial charge in [0.25, 0.3) is 0 Å². The molecule has 1 heterocycles. The van der Waals surface area contributed by atoms with Crippen LogP contribution in [-0.2, 0) is 0 Å². The third kappa shape index (κ3) is 2.21. The number of anilines is 3. The molecule has 6 nitrogen and oxygen atoms in total. The van der Waals surface area contributed by atoms with Crippen LogP contribution in [0.15, 0.2) is 36.7 Å². The number of aromatic nitrogens is 2. The molecule has 0 unspecified atom stereocenters. The van der Waals surface area contributed by atoms with Crippen molar-refractivity contribution >= 4 is 17.3 Å². The van der Waals surface area contributed by atoms with Crippen molar-refractivity contribution in [2.24, 2.45) is 5.84 Å². The molecule has 0 aliphatic carbocycles. The highest BCUT2D eigenvalue weighted by atomic mass is 15.3. The molecule has 0 atom stereocenters. The first-order valence-corrected chi connectivity index (χ1v) is 5.28. The van der Waals surface area contributed by atoms with Crippen molar-refractivity contribution in [3.63, 3.8) is 0 Å². The van der Waals surface area contributed by atoms with E-state index in [0.717, 1.165) is 5.69 Å². The van der Waals surface area contributed by atoms with Gasteiger partial charge in [0.15, 0.2) is 11.6 Å². The van der Waals surface area contributed by atoms with Crippen molar-refractivity contribution < 1.29 is 0 Å². The van der Waals surface area contributed by atoms with Crippen LogP contribution in [0, 0.1) is 11.3 Å². The van der Waals surface area contributed by atoms with E-state index in [9.17, 15) is 0 Å². The lowest BCUT2D eigenvalue weighted by Crippen LogP contribution is -2.15. The molecule has 0 amide bonds. The monoisotopic (exact) mass is 240 g/mol. The van der Waals surface area contributed by atoms with E-state index >= 15 is 0 Å². The van der Waals surface area contributed by atoms with Crippen LogP contribution in [-0.4, -0.2) is 17.0 Å². The van der Waals surface area contributed by atoms with Crippen LogP contribution in [0.1, 0.15) is 5.56 Å². The van der Waals surface area contributed by atoms with Crippen molar-refractivity contribution in [1.82, 2.24) is 9.97 Å². The maximum Gasteiger partial charge on any atom is 0.160 e. The Morgan fingerprint density at radius 1 is 1.33 bits per heavy atom. The largest absolute Gasteiger partial charge is 0.327 e. The zero-order valence-corrected chi connectivity index (χ0v) is 9.83. The van der Waals surface area contributed by atoms with Gasteiger partial charge in [-0.3, -0.25) is 4.98 Å². The molecule has 1 aromatic carbocycles. The van der Waals surface area contributed by atoms with E-state index in [1.807, 2.05) is 25.2 Å². The summed E-state index contributed by atoms with van der Waals surface area (Å²) in [6, 6.07) is 9.43. The molecule has 6 heteroatoms. The number of hydrogen-bond donors (Lipinski definition) is 2. The third-order valence-electron chi connectivity index (χ3n) is 2.50. The average molecular weight is 240 g/mol. The minimum absolute atomic E-state index is 0.466. The van der Waals surface area contributed by atoms with Crippen molar-refractivity contribution in [1.29, 1.82) is 5.26 Å². The average Bonchev–Trinajstić information content (AvgIpc) is 2.46. The molecule has 0 saturated carbocycles. The minimum atomic E-state index is 0.466. The van der Waals surface area contributed by atoms with E-state index in [1.165, 1.54) is 6.20 Å². The van der Waals surface area contributed by atoms with E-state index in [-0.39, 0.29) is 0 Å². The fourth-order valence-electron chi connectivity index (χ4n) is 1.57. The van der Waals surface area contributed by atoms with Crippen LogP contribution in [0.5, 0.6) is 0 Å². The summed E-state index contributed by atoms with van der Waals surface area (Å²) in [7, 11) is 1.82. The van der Waals surface area contributed by atoms with E-state index in [4.69, 9.17) is 11.1 Å². The van der Waals surface area contributed by atoms with Gasteiger partial charge in [0.2, 0.25) is 0 Å². The van der Waals surface area contributed by atoms with Gasteiger partial charge in [-0.15, -0.1) is 0 Å². The molecule has 0 bridgehead atoms. The summed E-state index contributed by atoms with van der Waals surface area (Å²) in [5.74, 6) is 6.36. The number of hydrogen-bond acceptors (Lipinski definition) is 6. The van der Waals surface area contributed by atoms with Crippen LogP contribution >= 0.6 is 0 Å². The lowest BCUT2D eigenvalue weighted by molar-refractivity contribution is 1.07. The third-order valence-corrected chi connectivity index (χ3v) is 2.50. The second-order valence-corrected chi connectivity index (χ2v) is 3.59. The van der Waals surface area contributed by atoms with Crippen LogP contribution in [0.2, 0.25) is 0 Å². The van der Waals surface area contributed by atoms with Crippen LogP contribution < -0.4 is 16.2 Å². The highest BCUT2D eigenvalue weighted by molar-refractivity contribution is 5.66. The van der Waals surface area contributed by atoms with Crippen LogP contribution in [0.4, 0.5) is 17.3 Å². The summed E-state index contributed by atoms with van der Waals surface area (Å²) in [5.41, 5.74) is 3.78. The summed E-state index contributed by atoms with van der Waals surface area (Å²) in [4.78, 5) is 10.1. The summed E-state index contributed by atoms with van der Waals surface area (Å²) in [6.07, 6.45) is 3.13. The van der Waals surface area contributed by atoms with Crippen LogP contribution in [0.3, 0.4) is 0 Å². The molecule has 0 aliphatic rings. The zero-order chi connectivity index (χ0) is 13.0. The molecular weight excluding hydrogens is 228 g/mol.